The number of para-hydroxylation sites is 2. The van der Waals surface area contributed by atoms with Gasteiger partial charge < -0.3 is 5.32 Å². The Bertz CT molecular complexity index is 776. The van der Waals surface area contributed by atoms with E-state index in [9.17, 15) is 4.39 Å². The fourth-order valence-electron chi connectivity index (χ4n) is 2.07. The number of aromatic nitrogens is 2. The standard InChI is InChI=1S/C16H13ClFN3/c17-13-7-11(5-6-14(13)18)8-19-9-12-10-20-15-3-1-2-4-16(15)21-12/h1-7,10,19H,8-9H2. The monoisotopic (exact) mass is 301 g/mol. The smallest absolute Gasteiger partial charge is 0.141 e. The molecule has 3 nitrogen and oxygen atoms in total. The molecule has 0 bridgehead atoms. The molecule has 0 saturated carbocycles. The lowest BCUT2D eigenvalue weighted by molar-refractivity contribution is 0.625. The number of hydrogen-bond donors (Lipinski definition) is 1. The number of rotatable bonds is 4. The van der Waals surface area contributed by atoms with E-state index < -0.39 is 5.82 Å². The molecular formula is C16H13ClFN3. The third-order valence-corrected chi connectivity index (χ3v) is 3.41. The third-order valence-electron chi connectivity index (χ3n) is 3.12. The lowest BCUT2D eigenvalue weighted by Crippen LogP contribution is -2.14. The summed E-state index contributed by atoms with van der Waals surface area (Å²) in [6, 6.07) is 12.4. The summed E-state index contributed by atoms with van der Waals surface area (Å²) < 4.78 is 13.1. The van der Waals surface area contributed by atoms with E-state index in [2.05, 4.69) is 15.3 Å². The molecule has 3 rings (SSSR count). The van der Waals surface area contributed by atoms with Crippen LogP contribution in [-0.4, -0.2) is 9.97 Å². The zero-order chi connectivity index (χ0) is 14.7. The first-order valence-electron chi connectivity index (χ1n) is 6.58. The topological polar surface area (TPSA) is 37.8 Å². The second kappa shape index (κ2) is 6.16. The molecule has 5 heteroatoms. The van der Waals surface area contributed by atoms with Crippen molar-refractivity contribution in [2.24, 2.45) is 0 Å². The molecule has 0 unspecified atom stereocenters. The Balaban J connectivity index is 1.64. The fraction of sp³-hybridized carbons (Fsp3) is 0.125. The van der Waals surface area contributed by atoms with Crippen LogP contribution in [0.4, 0.5) is 4.39 Å². The van der Waals surface area contributed by atoms with Crippen LogP contribution in [0.1, 0.15) is 11.3 Å². The summed E-state index contributed by atoms with van der Waals surface area (Å²) in [7, 11) is 0. The highest BCUT2D eigenvalue weighted by molar-refractivity contribution is 6.30. The van der Waals surface area contributed by atoms with Crippen molar-refractivity contribution in [1.82, 2.24) is 15.3 Å². The molecule has 0 spiro atoms. The van der Waals surface area contributed by atoms with E-state index in [1.165, 1.54) is 6.07 Å². The van der Waals surface area contributed by atoms with Crippen molar-refractivity contribution in [1.29, 1.82) is 0 Å². The van der Waals surface area contributed by atoms with Crippen LogP contribution in [0.2, 0.25) is 5.02 Å². The molecule has 0 radical (unpaired) electrons. The van der Waals surface area contributed by atoms with E-state index in [1.54, 1.807) is 18.3 Å². The molecule has 106 valence electrons. The van der Waals surface area contributed by atoms with Gasteiger partial charge in [0.05, 0.1) is 27.9 Å². The van der Waals surface area contributed by atoms with Crippen molar-refractivity contribution >= 4 is 22.6 Å². The molecule has 0 aliphatic rings. The van der Waals surface area contributed by atoms with Gasteiger partial charge in [0.2, 0.25) is 0 Å². The highest BCUT2D eigenvalue weighted by Gasteiger charge is 2.02. The van der Waals surface area contributed by atoms with Crippen molar-refractivity contribution < 1.29 is 4.39 Å². The number of benzene rings is 2. The lowest BCUT2D eigenvalue weighted by atomic mass is 10.2. The highest BCUT2D eigenvalue weighted by Crippen LogP contribution is 2.16. The van der Waals surface area contributed by atoms with Crippen LogP contribution in [0.3, 0.4) is 0 Å². The Morgan fingerprint density at radius 3 is 2.67 bits per heavy atom. The molecule has 0 amide bonds. The molecule has 0 aliphatic heterocycles. The van der Waals surface area contributed by atoms with Gasteiger partial charge in [0.25, 0.3) is 0 Å². The fourth-order valence-corrected chi connectivity index (χ4v) is 2.27. The van der Waals surface area contributed by atoms with Gasteiger partial charge >= 0.3 is 0 Å². The molecule has 0 atom stereocenters. The molecular weight excluding hydrogens is 289 g/mol. The molecule has 1 heterocycles. The summed E-state index contributed by atoms with van der Waals surface area (Å²) in [5, 5.41) is 3.38. The van der Waals surface area contributed by atoms with Crippen LogP contribution in [-0.2, 0) is 13.1 Å². The maximum atomic E-state index is 13.1. The van der Waals surface area contributed by atoms with Gasteiger partial charge in [-0.25, -0.2) is 9.37 Å². The van der Waals surface area contributed by atoms with Crippen LogP contribution >= 0.6 is 11.6 Å². The molecule has 0 fully saturated rings. The van der Waals surface area contributed by atoms with Gasteiger partial charge in [0, 0.05) is 13.1 Å². The van der Waals surface area contributed by atoms with Gasteiger partial charge in [0.1, 0.15) is 5.82 Å². The molecule has 2 aromatic carbocycles. The molecule has 21 heavy (non-hydrogen) atoms. The maximum absolute atomic E-state index is 13.1. The van der Waals surface area contributed by atoms with Crippen molar-refractivity contribution in [2.75, 3.05) is 0 Å². The summed E-state index contributed by atoms with van der Waals surface area (Å²) in [6.07, 6.45) is 1.76. The summed E-state index contributed by atoms with van der Waals surface area (Å²) in [4.78, 5) is 8.89. The lowest BCUT2D eigenvalue weighted by Gasteiger charge is -2.06. The van der Waals surface area contributed by atoms with E-state index >= 15 is 0 Å². The predicted molar refractivity (Wildman–Crippen MR) is 81.5 cm³/mol. The second-order valence-corrected chi connectivity index (χ2v) is 5.11. The third kappa shape index (κ3) is 3.35. The quantitative estimate of drug-likeness (QED) is 0.798. The number of halogens is 2. The summed E-state index contributed by atoms with van der Waals surface area (Å²) in [5.74, 6) is -0.402. The summed E-state index contributed by atoms with van der Waals surface area (Å²) >= 11 is 5.75. The molecule has 1 aromatic heterocycles. The zero-order valence-electron chi connectivity index (χ0n) is 11.2. The minimum absolute atomic E-state index is 0.139. The Labute approximate surface area is 126 Å². The van der Waals surface area contributed by atoms with Crippen LogP contribution in [0.25, 0.3) is 11.0 Å². The van der Waals surface area contributed by atoms with E-state index in [-0.39, 0.29) is 5.02 Å². The molecule has 3 aromatic rings. The zero-order valence-corrected chi connectivity index (χ0v) is 11.9. The van der Waals surface area contributed by atoms with Gasteiger partial charge in [-0.2, -0.15) is 0 Å². The maximum Gasteiger partial charge on any atom is 0.141 e. The van der Waals surface area contributed by atoms with Crippen LogP contribution in [0.15, 0.2) is 48.7 Å². The Morgan fingerprint density at radius 1 is 1.05 bits per heavy atom. The van der Waals surface area contributed by atoms with Gasteiger partial charge in [-0.15, -0.1) is 0 Å². The van der Waals surface area contributed by atoms with Gasteiger partial charge in [-0.1, -0.05) is 29.8 Å². The van der Waals surface area contributed by atoms with E-state index in [1.807, 2.05) is 24.3 Å². The Kier molecular flexibility index (Phi) is 4.08. The van der Waals surface area contributed by atoms with Gasteiger partial charge in [0.15, 0.2) is 0 Å². The normalized spacial score (nSPS) is 11.0. The SMILES string of the molecule is Fc1ccc(CNCc2cnc3ccccc3n2)cc1Cl. The van der Waals surface area contributed by atoms with E-state index in [0.29, 0.717) is 13.1 Å². The first-order chi connectivity index (χ1) is 10.2. The van der Waals surface area contributed by atoms with Crippen molar-refractivity contribution in [3.8, 4) is 0 Å². The average Bonchev–Trinajstić information content (AvgIpc) is 2.51. The second-order valence-electron chi connectivity index (χ2n) is 4.70. The number of nitrogens with one attached hydrogen (secondary N) is 1. The van der Waals surface area contributed by atoms with Crippen LogP contribution in [0.5, 0.6) is 0 Å². The number of nitrogens with zero attached hydrogens (tertiary/aromatic N) is 2. The van der Waals surface area contributed by atoms with Crippen molar-refractivity contribution in [3.05, 3.63) is 70.8 Å². The van der Waals surface area contributed by atoms with Gasteiger partial charge in [-0.3, -0.25) is 4.98 Å². The first kappa shape index (κ1) is 13.9. The minimum atomic E-state index is -0.402. The minimum Gasteiger partial charge on any atom is -0.307 e. The van der Waals surface area contributed by atoms with E-state index in [0.717, 1.165) is 22.3 Å². The highest BCUT2D eigenvalue weighted by atomic mass is 35.5. The summed E-state index contributed by atoms with van der Waals surface area (Å²) in [6.45, 7) is 1.18. The van der Waals surface area contributed by atoms with Crippen molar-refractivity contribution in [3.63, 3.8) is 0 Å². The van der Waals surface area contributed by atoms with E-state index in [4.69, 9.17) is 11.6 Å². The molecule has 0 saturated heterocycles. The predicted octanol–water partition coefficient (Wildman–Crippen LogP) is 3.71. The molecule has 1 N–H and O–H groups in total. The summed E-state index contributed by atoms with van der Waals surface area (Å²) in [5.41, 5.74) is 3.55. The number of fused-ring (bicyclic) bond motifs is 1. The Hall–Kier alpha value is -2.04. The van der Waals surface area contributed by atoms with Gasteiger partial charge in [-0.05, 0) is 29.8 Å². The van der Waals surface area contributed by atoms with Crippen LogP contribution < -0.4 is 5.32 Å². The average molecular weight is 302 g/mol. The first-order valence-corrected chi connectivity index (χ1v) is 6.95. The largest absolute Gasteiger partial charge is 0.307 e. The number of hydrogen-bond acceptors (Lipinski definition) is 3. The molecule has 0 aliphatic carbocycles. The Morgan fingerprint density at radius 2 is 1.86 bits per heavy atom. The van der Waals surface area contributed by atoms with Crippen LogP contribution in [0, 0.1) is 5.82 Å². The van der Waals surface area contributed by atoms with Crippen molar-refractivity contribution in [2.45, 2.75) is 13.1 Å².